The van der Waals surface area contributed by atoms with Gasteiger partial charge in [-0.05, 0) is 39.8 Å². The first kappa shape index (κ1) is 14.0. The van der Waals surface area contributed by atoms with E-state index in [9.17, 15) is 0 Å². The second-order valence-corrected chi connectivity index (χ2v) is 6.10. The highest BCUT2D eigenvalue weighted by Gasteiger charge is 2.25. The monoisotopic (exact) mass is 278 g/mol. The summed E-state index contributed by atoms with van der Waals surface area (Å²) in [6, 6.07) is 0.803. The molecule has 1 N–H and O–H groups in total. The molecule has 112 valence electrons. The average Bonchev–Trinajstić information content (AvgIpc) is 2.81. The molecule has 0 radical (unpaired) electrons. The van der Waals surface area contributed by atoms with Gasteiger partial charge >= 0.3 is 0 Å². The molecule has 2 saturated heterocycles. The highest BCUT2D eigenvalue weighted by molar-refractivity contribution is 5.20. The van der Waals surface area contributed by atoms with E-state index in [2.05, 4.69) is 20.3 Å². The van der Waals surface area contributed by atoms with E-state index in [0.29, 0.717) is 0 Å². The van der Waals surface area contributed by atoms with Crippen LogP contribution in [0.1, 0.15) is 29.9 Å². The van der Waals surface area contributed by atoms with Gasteiger partial charge in [-0.1, -0.05) is 5.16 Å². The molecule has 0 saturated carbocycles. The number of aromatic nitrogens is 1. The molecule has 0 spiro atoms. The fraction of sp³-hybridized carbons (Fsp3) is 0.800. The summed E-state index contributed by atoms with van der Waals surface area (Å²) < 4.78 is 5.26. The lowest BCUT2D eigenvalue weighted by Gasteiger charge is -2.40. The van der Waals surface area contributed by atoms with Crippen LogP contribution in [0.4, 0.5) is 0 Å². The van der Waals surface area contributed by atoms with Crippen LogP contribution in [0, 0.1) is 13.8 Å². The number of hydrogen-bond donors (Lipinski definition) is 1. The number of aryl methyl sites for hydroxylation is 2. The molecule has 0 aliphatic carbocycles. The third-order valence-corrected chi connectivity index (χ3v) is 4.79. The van der Waals surface area contributed by atoms with Crippen LogP contribution in [0.5, 0.6) is 0 Å². The van der Waals surface area contributed by atoms with Crippen molar-refractivity contribution in [2.75, 3.05) is 39.3 Å². The first-order valence-electron chi connectivity index (χ1n) is 7.83. The normalized spacial score (nSPS) is 23.3. The summed E-state index contributed by atoms with van der Waals surface area (Å²) >= 11 is 0. The summed E-state index contributed by atoms with van der Waals surface area (Å²) in [5.74, 6) is 0.975. The highest BCUT2D eigenvalue weighted by atomic mass is 16.5. The van der Waals surface area contributed by atoms with E-state index in [1.165, 1.54) is 44.6 Å². The van der Waals surface area contributed by atoms with Gasteiger partial charge < -0.3 is 9.84 Å². The zero-order valence-electron chi connectivity index (χ0n) is 12.7. The minimum atomic E-state index is 0.803. The van der Waals surface area contributed by atoms with Crippen LogP contribution >= 0.6 is 0 Å². The van der Waals surface area contributed by atoms with Crippen molar-refractivity contribution >= 4 is 0 Å². The number of rotatable bonds is 3. The molecule has 0 amide bonds. The molecule has 0 unspecified atom stereocenters. The number of piperazine rings is 1. The van der Waals surface area contributed by atoms with Gasteiger partial charge in [-0.3, -0.25) is 9.80 Å². The maximum atomic E-state index is 5.26. The molecule has 3 heterocycles. The largest absolute Gasteiger partial charge is 0.361 e. The Morgan fingerprint density at radius 3 is 2.45 bits per heavy atom. The zero-order valence-corrected chi connectivity index (χ0v) is 12.7. The van der Waals surface area contributed by atoms with E-state index in [1.54, 1.807) is 0 Å². The van der Waals surface area contributed by atoms with Crippen LogP contribution in [0.15, 0.2) is 4.52 Å². The molecule has 0 aromatic carbocycles. The molecule has 5 heteroatoms. The first-order valence-corrected chi connectivity index (χ1v) is 7.83. The van der Waals surface area contributed by atoms with Crippen LogP contribution in [0.25, 0.3) is 0 Å². The number of nitrogens with zero attached hydrogens (tertiary/aromatic N) is 3. The standard InChI is InChI=1S/C15H26N4O/c1-12-15(13(2)20-17-12)11-18-7-9-19(10-8-18)14-3-5-16-6-4-14/h14,16H,3-11H2,1-2H3. The fourth-order valence-electron chi connectivity index (χ4n) is 3.41. The molecule has 1 aromatic heterocycles. The second kappa shape index (κ2) is 6.24. The van der Waals surface area contributed by atoms with E-state index in [1.807, 2.05) is 13.8 Å². The van der Waals surface area contributed by atoms with Crippen molar-refractivity contribution in [3.63, 3.8) is 0 Å². The lowest BCUT2D eigenvalue weighted by atomic mass is 10.0. The Labute approximate surface area is 121 Å². The van der Waals surface area contributed by atoms with Gasteiger partial charge in [0.1, 0.15) is 5.76 Å². The maximum Gasteiger partial charge on any atom is 0.138 e. The molecular weight excluding hydrogens is 252 g/mol. The van der Waals surface area contributed by atoms with Gasteiger partial charge in [-0.15, -0.1) is 0 Å². The summed E-state index contributed by atoms with van der Waals surface area (Å²) in [6.07, 6.45) is 2.62. The van der Waals surface area contributed by atoms with Gasteiger partial charge in [0.2, 0.25) is 0 Å². The highest BCUT2D eigenvalue weighted by Crippen LogP contribution is 2.18. The topological polar surface area (TPSA) is 44.5 Å². The number of hydrogen-bond acceptors (Lipinski definition) is 5. The molecule has 3 rings (SSSR count). The van der Waals surface area contributed by atoms with E-state index >= 15 is 0 Å². The average molecular weight is 278 g/mol. The SMILES string of the molecule is Cc1noc(C)c1CN1CCN(C2CCNCC2)CC1. The Morgan fingerprint density at radius 1 is 1.15 bits per heavy atom. The minimum absolute atomic E-state index is 0.803. The lowest BCUT2D eigenvalue weighted by molar-refractivity contribution is 0.0781. The van der Waals surface area contributed by atoms with Crippen molar-refractivity contribution in [1.29, 1.82) is 0 Å². The Bertz CT molecular complexity index is 412. The Kier molecular flexibility index (Phi) is 4.38. The molecule has 0 atom stereocenters. The van der Waals surface area contributed by atoms with Gasteiger partial charge in [0.15, 0.2) is 0 Å². The van der Waals surface area contributed by atoms with Gasteiger partial charge in [-0.2, -0.15) is 0 Å². The number of nitrogens with one attached hydrogen (secondary N) is 1. The predicted molar refractivity (Wildman–Crippen MR) is 78.7 cm³/mol. The molecule has 2 aliphatic rings. The molecule has 0 bridgehead atoms. The third-order valence-electron chi connectivity index (χ3n) is 4.79. The second-order valence-electron chi connectivity index (χ2n) is 6.10. The first-order chi connectivity index (χ1) is 9.74. The minimum Gasteiger partial charge on any atom is -0.361 e. The van der Waals surface area contributed by atoms with E-state index in [-0.39, 0.29) is 0 Å². The van der Waals surface area contributed by atoms with Crippen LogP contribution in [0.3, 0.4) is 0 Å². The van der Waals surface area contributed by atoms with Crippen LogP contribution in [0.2, 0.25) is 0 Å². The number of piperidine rings is 1. The summed E-state index contributed by atoms with van der Waals surface area (Å²) in [5, 5.41) is 7.50. The molecular formula is C15H26N4O. The van der Waals surface area contributed by atoms with Gasteiger partial charge in [-0.25, -0.2) is 0 Å². The Hall–Kier alpha value is -0.910. The summed E-state index contributed by atoms with van der Waals surface area (Å²) in [5.41, 5.74) is 2.32. The summed E-state index contributed by atoms with van der Waals surface area (Å²) in [7, 11) is 0. The molecule has 1 aromatic rings. The molecule has 5 nitrogen and oxygen atoms in total. The van der Waals surface area contributed by atoms with Gasteiger partial charge in [0.05, 0.1) is 5.69 Å². The van der Waals surface area contributed by atoms with Crippen molar-refractivity contribution < 1.29 is 4.52 Å². The fourth-order valence-corrected chi connectivity index (χ4v) is 3.41. The van der Waals surface area contributed by atoms with Crippen molar-refractivity contribution in [1.82, 2.24) is 20.3 Å². The van der Waals surface area contributed by atoms with Crippen molar-refractivity contribution in [3.8, 4) is 0 Å². The smallest absolute Gasteiger partial charge is 0.138 e. The van der Waals surface area contributed by atoms with Crippen LogP contribution < -0.4 is 5.32 Å². The van der Waals surface area contributed by atoms with Gasteiger partial charge in [0, 0.05) is 44.3 Å². The quantitative estimate of drug-likeness (QED) is 0.899. The molecule has 2 aliphatic heterocycles. The Balaban J connectivity index is 1.51. The van der Waals surface area contributed by atoms with E-state index in [0.717, 1.165) is 37.1 Å². The molecule has 20 heavy (non-hydrogen) atoms. The maximum absolute atomic E-state index is 5.26. The third kappa shape index (κ3) is 3.05. The van der Waals surface area contributed by atoms with E-state index in [4.69, 9.17) is 4.52 Å². The van der Waals surface area contributed by atoms with Crippen LogP contribution in [-0.2, 0) is 6.54 Å². The van der Waals surface area contributed by atoms with Crippen molar-refractivity contribution in [3.05, 3.63) is 17.0 Å². The van der Waals surface area contributed by atoms with Crippen LogP contribution in [-0.4, -0.2) is 60.3 Å². The Morgan fingerprint density at radius 2 is 1.85 bits per heavy atom. The predicted octanol–water partition coefficient (Wildman–Crippen LogP) is 1.16. The van der Waals surface area contributed by atoms with Gasteiger partial charge in [0.25, 0.3) is 0 Å². The summed E-state index contributed by atoms with van der Waals surface area (Å²) in [4.78, 5) is 5.22. The zero-order chi connectivity index (χ0) is 13.9. The van der Waals surface area contributed by atoms with Crippen molar-refractivity contribution in [2.45, 2.75) is 39.3 Å². The summed E-state index contributed by atoms with van der Waals surface area (Å²) in [6.45, 7) is 12.1. The van der Waals surface area contributed by atoms with Crippen molar-refractivity contribution in [2.24, 2.45) is 0 Å². The molecule has 2 fully saturated rings. The lowest BCUT2D eigenvalue weighted by Crippen LogP contribution is -2.52. The van der Waals surface area contributed by atoms with E-state index < -0.39 is 0 Å².